The van der Waals surface area contributed by atoms with Gasteiger partial charge in [-0.3, -0.25) is 9.58 Å². The van der Waals surface area contributed by atoms with E-state index in [1.165, 1.54) is 0 Å². The van der Waals surface area contributed by atoms with Gasteiger partial charge in [0.15, 0.2) is 9.84 Å². The predicted octanol–water partition coefficient (Wildman–Crippen LogP) is -0.436. The summed E-state index contributed by atoms with van der Waals surface area (Å²) in [5.74, 6) is 0.417. The molecule has 0 amide bonds. The summed E-state index contributed by atoms with van der Waals surface area (Å²) in [6, 6.07) is 0. The van der Waals surface area contributed by atoms with E-state index < -0.39 is 15.9 Å². The van der Waals surface area contributed by atoms with Crippen molar-refractivity contribution >= 4 is 15.5 Å². The molecular formula is C13H24N4O3S. The zero-order valence-corrected chi connectivity index (χ0v) is 13.4. The highest BCUT2D eigenvalue weighted by Crippen LogP contribution is 2.15. The molecule has 1 aromatic heterocycles. The Kier molecular flexibility index (Phi) is 4.90. The largest absolute Gasteiger partial charge is 0.396 e. The molecule has 0 bridgehead atoms. The van der Waals surface area contributed by atoms with Crippen LogP contribution in [0.25, 0.3) is 0 Å². The molecule has 0 radical (unpaired) electrons. The molecule has 0 spiro atoms. The third kappa shape index (κ3) is 4.18. The average Bonchev–Trinajstić information content (AvgIpc) is 2.56. The first-order valence-electron chi connectivity index (χ1n) is 7.19. The van der Waals surface area contributed by atoms with Crippen molar-refractivity contribution in [2.24, 2.45) is 0 Å². The summed E-state index contributed by atoms with van der Waals surface area (Å²) in [6.07, 6.45) is 0.0326. The number of nitrogens with two attached hydrogens (primary N) is 1. The molecule has 8 heteroatoms. The monoisotopic (exact) mass is 316 g/mol. The van der Waals surface area contributed by atoms with Crippen molar-refractivity contribution in [2.75, 3.05) is 36.9 Å². The molecule has 2 rings (SSSR count). The van der Waals surface area contributed by atoms with Crippen LogP contribution in [0.4, 0.5) is 5.69 Å². The Balaban J connectivity index is 1.92. The Hall–Kier alpha value is -1.12. The van der Waals surface area contributed by atoms with E-state index in [9.17, 15) is 13.5 Å². The van der Waals surface area contributed by atoms with Gasteiger partial charge in [-0.2, -0.15) is 5.10 Å². The molecule has 2 heterocycles. The number of rotatable bonds is 4. The first-order valence-corrected chi connectivity index (χ1v) is 9.01. The number of nitrogen functional groups attached to an aromatic ring is 1. The Labute approximate surface area is 125 Å². The number of aliphatic hydroxyl groups excluding tert-OH is 1. The van der Waals surface area contributed by atoms with E-state index in [4.69, 9.17) is 5.73 Å². The normalized spacial score (nSPS) is 21.1. The van der Waals surface area contributed by atoms with Crippen LogP contribution in [-0.2, 0) is 16.4 Å². The second-order valence-corrected chi connectivity index (χ2v) is 8.03. The number of nitrogens with zero attached hydrogens (tertiary/aromatic N) is 3. The first kappa shape index (κ1) is 16.3. The van der Waals surface area contributed by atoms with E-state index in [0.29, 0.717) is 38.3 Å². The summed E-state index contributed by atoms with van der Waals surface area (Å²) >= 11 is 0. The lowest BCUT2D eigenvalue weighted by Crippen LogP contribution is -2.36. The van der Waals surface area contributed by atoms with Gasteiger partial charge in [-0.05, 0) is 26.8 Å². The Morgan fingerprint density at radius 2 is 2.00 bits per heavy atom. The maximum Gasteiger partial charge on any atom is 0.151 e. The van der Waals surface area contributed by atoms with Crippen LogP contribution < -0.4 is 5.73 Å². The fourth-order valence-corrected chi connectivity index (χ4v) is 3.93. The molecule has 0 saturated carbocycles. The molecule has 1 aromatic rings. The fourth-order valence-electron chi connectivity index (χ4n) is 2.62. The smallest absolute Gasteiger partial charge is 0.151 e. The number of sulfone groups is 1. The van der Waals surface area contributed by atoms with Crippen molar-refractivity contribution in [1.82, 2.24) is 14.7 Å². The molecule has 1 unspecified atom stereocenters. The van der Waals surface area contributed by atoms with E-state index in [2.05, 4.69) is 5.10 Å². The van der Waals surface area contributed by atoms with Crippen molar-refractivity contribution < 1.29 is 13.5 Å². The average molecular weight is 316 g/mol. The van der Waals surface area contributed by atoms with E-state index in [-0.39, 0.29) is 11.5 Å². The molecular weight excluding hydrogens is 292 g/mol. The molecule has 1 saturated heterocycles. The summed E-state index contributed by atoms with van der Waals surface area (Å²) in [5, 5.41) is 14.5. The van der Waals surface area contributed by atoms with Crippen molar-refractivity contribution in [3.05, 3.63) is 11.4 Å². The number of β-amino-alcohol motifs (C(OH)–C–C–N with tert-alkyl or cyclic N) is 1. The van der Waals surface area contributed by atoms with Gasteiger partial charge in [-0.1, -0.05) is 0 Å². The summed E-state index contributed by atoms with van der Waals surface area (Å²) in [5.41, 5.74) is 8.14. The van der Waals surface area contributed by atoms with E-state index in [1.807, 2.05) is 18.7 Å². The van der Waals surface area contributed by atoms with Gasteiger partial charge in [0.2, 0.25) is 0 Å². The Morgan fingerprint density at radius 3 is 2.62 bits per heavy atom. The molecule has 21 heavy (non-hydrogen) atoms. The van der Waals surface area contributed by atoms with Crippen LogP contribution in [0.2, 0.25) is 0 Å². The zero-order chi connectivity index (χ0) is 15.6. The fraction of sp³-hybridized carbons (Fsp3) is 0.769. The highest BCUT2D eigenvalue weighted by atomic mass is 32.2. The number of hydrogen-bond donors (Lipinski definition) is 2. The van der Waals surface area contributed by atoms with Crippen molar-refractivity contribution in [2.45, 2.75) is 32.9 Å². The number of aliphatic hydroxyl groups is 1. The Bertz CT molecular complexity index is 597. The minimum atomic E-state index is -2.91. The third-order valence-corrected chi connectivity index (χ3v) is 5.65. The molecule has 0 aromatic carbocycles. The molecule has 0 aliphatic carbocycles. The molecule has 3 N–H and O–H groups in total. The van der Waals surface area contributed by atoms with Gasteiger partial charge in [0.05, 0.1) is 41.2 Å². The van der Waals surface area contributed by atoms with E-state index in [0.717, 1.165) is 11.4 Å². The van der Waals surface area contributed by atoms with Crippen LogP contribution in [-0.4, -0.2) is 65.4 Å². The predicted molar refractivity (Wildman–Crippen MR) is 81.8 cm³/mol. The SMILES string of the molecule is Cc1nn(CC(O)CN2CCCS(=O)(=O)CC2)c(C)c1N. The number of hydrogen-bond acceptors (Lipinski definition) is 6. The van der Waals surface area contributed by atoms with Gasteiger partial charge in [0.1, 0.15) is 0 Å². The molecule has 120 valence electrons. The van der Waals surface area contributed by atoms with Crippen LogP contribution in [0.5, 0.6) is 0 Å². The molecule has 1 aliphatic heterocycles. The number of aromatic nitrogens is 2. The van der Waals surface area contributed by atoms with Crippen molar-refractivity contribution in [3.8, 4) is 0 Å². The van der Waals surface area contributed by atoms with E-state index in [1.54, 1.807) is 4.68 Å². The molecule has 7 nitrogen and oxygen atoms in total. The van der Waals surface area contributed by atoms with E-state index >= 15 is 0 Å². The van der Waals surface area contributed by atoms with Gasteiger partial charge in [0.25, 0.3) is 0 Å². The van der Waals surface area contributed by atoms with Gasteiger partial charge in [-0.15, -0.1) is 0 Å². The van der Waals surface area contributed by atoms with Crippen molar-refractivity contribution in [1.29, 1.82) is 0 Å². The quantitative estimate of drug-likeness (QED) is 0.781. The second kappa shape index (κ2) is 6.33. The standard InChI is InChI=1S/C13H24N4O3S/c1-10-13(14)11(2)17(15-10)9-12(18)8-16-4-3-6-21(19,20)7-5-16/h12,18H,3-9,14H2,1-2H3. The lowest BCUT2D eigenvalue weighted by molar-refractivity contribution is 0.0978. The van der Waals surface area contributed by atoms with Gasteiger partial charge in [-0.25, -0.2) is 8.42 Å². The highest BCUT2D eigenvalue weighted by molar-refractivity contribution is 7.91. The zero-order valence-electron chi connectivity index (χ0n) is 12.6. The Morgan fingerprint density at radius 1 is 1.29 bits per heavy atom. The minimum absolute atomic E-state index is 0.173. The summed E-state index contributed by atoms with van der Waals surface area (Å²) < 4.78 is 24.8. The maximum absolute atomic E-state index is 11.6. The van der Waals surface area contributed by atoms with Gasteiger partial charge in [0, 0.05) is 13.1 Å². The van der Waals surface area contributed by atoms with Crippen LogP contribution in [0, 0.1) is 13.8 Å². The number of aryl methyl sites for hydroxylation is 1. The van der Waals surface area contributed by atoms with Crippen LogP contribution in [0.1, 0.15) is 17.8 Å². The maximum atomic E-state index is 11.6. The molecule has 1 aliphatic rings. The lowest BCUT2D eigenvalue weighted by Gasteiger charge is -2.23. The molecule has 1 atom stereocenters. The van der Waals surface area contributed by atoms with Crippen molar-refractivity contribution in [3.63, 3.8) is 0 Å². The summed E-state index contributed by atoms with van der Waals surface area (Å²) in [6.45, 7) is 5.72. The van der Waals surface area contributed by atoms with Crippen LogP contribution in [0.15, 0.2) is 0 Å². The highest BCUT2D eigenvalue weighted by Gasteiger charge is 2.21. The minimum Gasteiger partial charge on any atom is -0.396 e. The van der Waals surface area contributed by atoms with Gasteiger partial charge < -0.3 is 10.8 Å². The van der Waals surface area contributed by atoms with Gasteiger partial charge >= 0.3 is 0 Å². The first-order chi connectivity index (χ1) is 9.78. The topological polar surface area (TPSA) is 101 Å². The summed E-state index contributed by atoms with van der Waals surface area (Å²) in [7, 11) is -2.91. The van der Waals surface area contributed by atoms with Crippen LogP contribution >= 0.6 is 0 Å². The summed E-state index contributed by atoms with van der Waals surface area (Å²) in [4.78, 5) is 2.00. The molecule has 1 fully saturated rings. The van der Waals surface area contributed by atoms with Crippen LogP contribution in [0.3, 0.4) is 0 Å². The number of anilines is 1. The lowest BCUT2D eigenvalue weighted by atomic mass is 10.3. The second-order valence-electron chi connectivity index (χ2n) is 5.73. The third-order valence-electron chi connectivity index (χ3n) is 3.94.